The summed E-state index contributed by atoms with van der Waals surface area (Å²) in [4.78, 5) is 41.6. The molecule has 4 aromatic carbocycles. The molecule has 0 amide bonds. The Morgan fingerprint density at radius 2 is 1.00 bits per heavy atom. The van der Waals surface area contributed by atoms with Crippen LogP contribution in [-0.4, -0.2) is 43.5 Å². The van der Waals surface area contributed by atoms with Crippen molar-refractivity contribution in [2.75, 3.05) is 5.75 Å². The Labute approximate surface area is 276 Å². The zero-order valence-corrected chi connectivity index (χ0v) is 27.1. The lowest BCUT2D eigenvalue weighted by atomic mass is 10.1. The summed E-state index contributed by atoms with van der Waals surface area (Å²) in [6.45, 7) is 0. The van der Waals surface area contributed by atoms with E-state index >= 15 is 0 Å². The number of hydrogen-bond donors (Lipinski definition) is 1. The number of carbonyl (C=O) groups excluding carboxylic acids is 2. The lowest BCUT2D eigenvalue weighted by Crippen LogP contribution is -2.16. The first-order chi connectivity index (χ1) is 22.1. The highest BCUT2D eigenvalue weighted by Gasteiger charge is 2.20. The van der Waals surface area contributed by atoms with Gasteiger partial charge >= 0.3 is 0 Å². The van der Waals surface area contributed by atoms with Crippen molar-refractivity contribution in [1.82, 2.24) is 0 Å². The molecule has 2 N–H and O–H groups in total. The van der Waals surface area contributed by atoms with Crippen LogP contribution in [0.2, 0.25) is 0 Å². The van der Waals surface area contributed by atoms with E-state index in [-0.39, 0.29) is 38.6 Å². The largest absolute Gasteiger partial charge is 0.299 e. The quantitative estimate of drug-likeness (QED) is 0.116. The van der Waals surface area contributed by atoms with Crippen molar-refractivity contribution in [3.05, 3.63) is 141 Å². The Bertz CT molecular complexity index is 1870. The van der Waals surface area contributed by atoms with Gasteiger partial charge in [0.05, 0.1) is 19.6 Å². The number of carbonyl (C=O) groups is 2. The number of non-ortho nitro benzene ring substituents is 2. The number of benzene rings is 4. The summed E-state index contributed by atoms with van der Waals surface area (Å²) in [6, 6.07) is 28.0. The molecule has 248 valence electrons. The third-order valence-corrected chi connectivity index (χ3v) is 8.93. The highest BCUT2D eigenvalue weighted by molar-refractivity contribution is 7.92. The Balaban J connectivity index is 0.000000270. The smallest absolute Gasteiger partial charge is 0.269 e. The second-order valence-corrected chi connectivity index (χ2v) is 13.6. The fourth-order valence-electron chi connectivity index (χ4n) is 3.72. The molecule has 0 spiro atoms. The van der Waals surface area contributed by atoms with Gasteiger partial charge in [-0.3, -0.25) is 29.8 Å². The molecule has 16 heteroatoms. The monoisotopic (exact) mass is 703 g/mol. The van der Waals surface area contributed by atoms with Gasteiger partial charge in [-0.2, -0.15) is 0 Å². The summed E-state index contributed by atoms with van der Waals surface area (Å²) in [5.41, 5.74) is 1.75. The number of hydrogen-bond acceptors (Lipinski definition) is 10. The van der Waals surface area contributed by atoms with Gasteiger partial charge in [-0.1, -0.05) is 60.7 Å². The summed E-state index contributed by atoms with van der Waals surface area (Å²) in [5, 5.41) is 25.3. The van der Waals surface area contributed by atoms with Crippen LogP contribution in [0.15, 0.2) is 119 Å². The number of Topliss-reactive ketones (excluding diaryl/α,β-unsaturated/α-hetero) is 1. The van der Waals surface area contributed by atoms with E-state index in [0.717, 1.165) is 66.1 Å². The number of halogens is 1. The van der Waals surface area contributed by atoms with Gasteiger partial charge in [0.15, 0.2) is 9.84 Å². The van der Waals surface area contributed by atoms with Gasteiger partial charge in [0.1, 0.15) is 11.5 Å². The maximum Gasteiger partial charge on any atom is 0.269 e. The Hall–Kier alpha value is -4.83. The number of aryl methyl sites for hydroxylation is 2. The van der Waals surface area contributed by atoms with Crippen molar-refractivity contribution in [2.45, 2.75) is 35.5 Å². The molecule has 0 atom stereocenters. The minimum atomic E-state index is -3.78. The van der Waals surface area contributed by atoms with E-state index in [0.29, 0.717) is 12.8 Å². The topological polar surface area (TPSA) is 215 Å². The van der Waals surface area contributed by atoms with Gasteiger partial charge in [-0.15, -0.1) is 0 Å². The third kappa shape index (κ3) is 14.4. The number of sulfonamides is 1. The number of ketones is 1. The Morgan fingerprint density at radius 3 is 1.36 bits per heavy atom. The van der Waals surface area contributed by atoms with Crippen LogP contribution < -0.4 is 5.14 Å². The van der Waals surface area contributed by atoms with Crippen LogP contribution in [0.3, 0.4) is 0 Å². The molecule has 0 aliphatic heterocycles. The molecule has 0 fully saturated rings. The molecular weight excluding hydrogens is 674 g/mol. The highest BCUT2D eigenvalue weighted by Crippen LogP contribution is 2.18. The molecular formula is C31H30ClN3O10S2. The molecule has 4 aromatic rings. The maximum atomic E-state index is 12.1. The minimum Gasteiger partial charge on any atom is -0.299 e. The first-order valence-electron chi connectivity index (χ1n) is 13.6. The maximum absolute atomic E-state index is 12.1. The molecule has 0 unspecified atom stereocenters. The molecule has 0 saturated carbocycles. The van der Waals surface area contributed by atoms with E-state index < -0.39 is 35.5 Å². The molecule has 0 aliphatic carbocycles. The van der Waals surface area contributed by atoms with Gasteiger partial charge in [0.25, 0.3) is 11.4 Å². The highest BCUT2D eigenvalue weighted by atomic mass is 35.5. The second-order valence-electron chi connectivity index (χ2n) is 9.67. The number of sulfone groups is 1. The third-order valence-electron chi connectivity index (χ3n) is 6.12. The SMILES string of the molecule is NS(=O)(=O)c1ccc([N+](=O)[O-])cc1.O=C(CCc1ccccc1)CS(=O)(=O)c1ccc([N+](=O)[O-])cc1.O=C(Cl)CCc1ccccc1. The van der Waals surface area contributed by atoms with Gasteiger partial charge in [-0.25, -0.2) is 22.0 Å². The summed E-state index contributed by atoms with van der Waals surface area (Å²) in [6.07, 6.45) is 1.78. The van der Waals surface area contributed by atoms with Crippen LogP contribution in [0.1, 0.15) is 24.0 Å². The molecule has 13 nitrogen and oxygen atoms in total. The summed E-state index contributed by atoms with van der Waals surface area (Å²) in [7, 11) is -7.55. The normalized spacial score (nSPS) is 10.8. The number of nitro groups is 2. The molecule has 0 saturated heterocycles. The fourth-order valence-corrected chi connectivity index (χ4v) is 5.61. The first kappa shape index (κ1) is 38.4. The number of nitro benzene ring substituents is 2. The van der Waals surface area contributed by atoms with E-state index in [1.807, 2.05) is 60.7 Å². The van der Waals surface area contributed by atoms with Crippen molar-refractivity contribution < 1.29 is 36.3 Å². The number of primary sulfonamides is 1. The average molecular weight is 704 g/mol. The zero-order valence-electron chi connectivity index (χ0n) is 24.7. The first-order valence-corrected chi connectivity index (χ1v) is 17.2. The van der Waals surface area contributed by atoms with E-state index in [4.69, 9.17) is 16.7 Å². The fraction of sp³-hybridized carbons (Fsp3) is 0.161. The van der Waals surface area contributed by atoms with Crippen LogP contribution in [0, 0.1) is 20.2 Å². The number of nitrogens with two attached hydrogens (primary N) is 1. The van der Waals surface area contributed by atoms with Crippen molar-refractivity contribution in [2.24, 2.45) is 5.14 Å². The van der Waals surface area contributed by atoms with Gasteiger partial charge < -0.3 is 0 Å². The van der Waals surface area contributed by atoms with Gasteiger partial charge in [0.2, 0.25) is 15.3 Å². The average Bonchev–Trinajstić information content (AvgIpc) is 3.04. The van der Waals surface area contributed by atoms with E-state index in [1.54, 1.807) is 0 Å². The molecule has 0 aliphatic rings. The summed E-state index contributed by atoms with van der Waals surface area (Å²) < 4.78 is 45.7. The van der Waals surface area contributed by atoms with Gasteiger partial charge in [0, 0.05) is 37.1 Å². The zero-order chi connectivity index (χ0) is 35.0. The van der Waals surface area contributed by atoms with Gasteiger partial charge in [-0.05, 0) is 59.8 Å². The lowest BCUT2D eigenvalue weighted by Gasteiger charge is -2.04. The van der Waals surface area contributed by atoms with Crippen molar-refractivity contribution in [3.63, 3.8) is 0 Å². The molecule has 0 bridgehead atoms. The molecule has 4 rings (SSSR count). The van der Waals surface area contributed by atoms with Crippen LogP contribution in [0.4, 0.5) is 11.4 Å². The minimum absolute atomic E-state index is 0.0869. The van der Waals surface area contributed by atoms with Crippen LogP contribution in [0.25, 0.3) is 0 Å². The van der Waals surface area contributed by atoms with Crippen LogP contribution in [-0.2, 0) is 42.3 Å². The molecule has 0 heterocycles. The van der Waals surface area contributed by atoms with Crippen LogP contribution in [0.5, 0.6) is 0 Å². The van der Waals surface area contributed by atoms with E-state index in [2.05, 4.69) is 0 Å². The van der Waals surface area contributed by atoms with Crippen molar-refractivity contribution >= 4 is 53.9 Å². The number of nitrogens with zero attached hydrogens (tertiary/aromatic N) is 2. The predicted octanol–water partition coefficient (Wildman–Crippen LogP) is 5.20. The summed E-state index contributed by atoms with van der Waals surface area (Å²) in [5.74, 6) is -0.982. The molecule has 0 radical (unpaired) electrons. The Kier molecular flexibility index (Phi) is 15.0. The lowest BCUT2D eigenvalue weighted by molar-refractivity contribution is -0.385. The molecule has 0 aromatic heterocycles. The molecule has 47 heavy (non-hydrogen) atoms. The van der Waals surface area contributed by atoms with Crippen molar-refractivity contribution in [3.8, 4) is 0 Å². The second kappa shape index (κ2) is 18.3. The van der Waals surface area contributed by atoms with Crippen LogP contribution >= 0.6 is 11.6 Å². The standard InChI is InChI=1S/C16H15NO5S.C9H9ClO.C6H6N2O4S/c18-15(9-6-13-4-2-1-3-5-13)12-23(21,22)16-10-7-14(8-11-16)17(19)20;10-9(11)7-6-8-4-2-1-3-5-8;7-13(11,12)6-3-1-5(2-4-6)8(9)10/h1-5,7-8,10-11H,6,9,12H2;1-5H,6-7H2;1-4H,(H2,7,11,12). The summed E-state index contributed by atoms with van der Waals surface area (Å²) >= 11 is 5.19. The Morgan fingerprint density at radius 1 is 0.617 bits per heavy atom. The van der Waals surface area contributed by atoms with Crippen molar-refractivity contribution in [1.29, 1.82) is 0 Å². The van der Waals surface area contributed by atoms with E-state index in [1.165, 1.54) is 0 Å². The number of rotatable bonds is 12. The predicted molar refractivity (Wildman–Crippen MR) is 175 cm³/mol. The van der Waals surface area contributed by atoms with E-state index in [9.17, 15) is 46.7 Å².